The third-order valence-corrected chi connectivity index (χ3v) is 17.6. The maximum absolute atomic E-state index is 14.6. The minimum absolute atomic E-state index is 0.00753. The van der Waals surface area contributed by atoms with E-state index >= 15 is 0 Å². The Labute approximate surface area is 372 Å². The lowest BCUT2D eigenvalue weighted by Gasteiger charge is -2.58. The number of carbonyl (C=O) groups excluding carboxylic acids is 1. The van der Waals surface area contributed by atoms with Crippen LogP contribution in [0.15, 0.2) is 11.6 Å². The van der Waals surface area contributed by atoms with Gasteiger partial charge in [0.15, 0.2) is 24.7 Å². The highest BCUT2D eigenvalue weighted by Gasteiger charge is 2.71. The number of aliphatic hydroxyl groups excluding tert-OH is 10. The van der Waals surface area contributed by atoms with Crippen LogP contribution in [0.1, 0.15) is 79.1 Å². The van der Waals surface area contributed by atoms with Gasteiger partial charge in [-0.05, 0) is 67.6 Å². The molecule has 0 radical (unpaired) electrons. The second-order valence-corrected chi connectivity index (χ2v) is 21.0. The van der Waals surface area contributed by atoms with Crippen LogP contribution in [-0.2, 0) is 42.7 Å². The van der Waals surface area contributed by atoms with Crippen molar-refractivity contribution in [1.29, 1.82) is 0 Å². The van der Waals surface area contributed by atoms with Crippen LogP contribution in [0, 0.1) is 46.3 Å². The normalized spacial score (nSPS) is 56.2. The minimum Gasteiger partial charge on any atom is -0.394 e. The van der Waals surface area contributed by atoms with Gasteiger partial charge in [0, 0.05) is 30.1 Å². The average molecular weight is 915 g/mol. The fraction of sp³-hybridized carbons (Fsp3) is 0.933. The van der Waals surface area contributed by atoms with Gasteiger partial charge in [0.1, 0.15) is 79.0 Å². The Morgan fingerprint density at radius 1 is 0.688 bits per heavy atom. The summed E-state index contributed by atoms with van der Waals surface area (Å²) in [6.45, 7) is 7.27. The Hall–Kier alpha value is -1.31. The smallest absolute Gasteiger partial charge is 0.187 e. The summed E-state index contributed by atoms with van der Waals surface area (Å²) in [7, 11) is 0. The predicted octanol–water partition coefficient (Wildman–Crippen LogP) is -1.63. The summed E-state index contributed by atoms with van der Waals surface area (Å²) in [6.07, 6.45) is -17.3. The molecule has 0 bridgehead atoms. The molecule has 364 valence electrons. The largest absolute Gasteiger partial charge is 0.394 e. The fourth-order valence-electron chi connectivity index (χ4n) is 13.8. The number of hydrogen-bond acceptors (Lipinski definition) is 19. The van der Waals surface area contributed by atoms with Crippen LogP contribution in [0.25, 0.3) is 0 Å². The molecule has 5 saturated heterocycles. The molecule has 0 aromatic carbocycles. The number of ketones is 1. The van der Waals surface area contributed by atoms with Crippen LogP contribution in [0.2, 0.25) is 0 Å². The van der Waals surface area contributed by atoms with E-state index in [4.69, 9.17) is 37.9 Å². The summed E-state index contributed by atoms with van der Waals surface area (Å²) >= 11 is 0. The van der Waals surface area contributed by atoms with E-state index in [1.807, 2.05) is 0 Å². The maximum atomic E-state index is 14.6. The molecular formula is C45H70O19. The van der Waals surface area contributed by atoms with Crippen molar-refractivity contribution in [3.63, 3.8) is 0 Å². The molecule has 0 aromatic rings. The molecule has 64 heavy (non-hydrogen) atoms. The molecule has 9 aliphatic rings. The second kappa shape index (κ2) is 17.9. The van der Waals surface area contributed by atoms with Crippen molar-refractivity contribution in [2.45, 2.75) is 189 Å². The van der Waals surface area contributed by atoms with Gasteiger partial charge in [-0.2, -0.15) is 0 Å². The molecular weight excluding hydrogens is 844 g/mol. The summed E-state index contributed by atoms with van der Waals surface area (Å²) in [6, 6.07) is 0. The summed E-state index contributed by atoms with van der Waals surface area (Å²) in [5.41, 5.74) is 0.467. The molecule has 1 spiro atoms. The van der Waals surface area contributed by atoms with Gasteiger partial charge in [-0.25, -0.2) is 0 Å². The van der Waals surface area contributed by atoms with Crippen LogP contribution in [-0.4, -0.2) is 193 Å². The quantitative estimate of drug-likeness (QED) is 0.116. The van der Waals surface area contributed by atoms with Gasteiger partial charge in [0.2, 0.25) is 0 Å². The Morgan fingerprint density at radius 2 is 1.30 bits per heavy atom. The van der Waals surface area contributed by atoms with E-state index in [2.05, 4.69) is 33.8 Å². The van der Waals surface area contributed by atoms with Gasteiger partial charge >= 0.3 is 0 Å². The van der Waals surface area contributed by atoms with E-state index in [-0.39, 0.29) is 35.2 Å². The molecule has 5 aliphatic heterocycles. The maximum Gasteiger partial charge on any atom is 0.187 e. The minimum atomic E-state index is -1.91. The standard InChI is InChI=1S/C45H70O19/c1-18-7-10-45(57-17-18)19(2)30-25(64-45)12-24-22-6-5-20-11-21(8-9-43(20,3)23(22)13-29(49)44(24,30)4)58-40-37(56)35(54)38(28(16-48)61-40)62-42-39(34(53)32(51)27(15-47)60-42)63-41-36(55)33(52)31(50)26(14-46)59-41/h5,18-19,21-28,30-42,46-48,50-56H,6-17H2,1-4H3/t18-,19+,21-,22+,23-,24+,25+,26-,27-,28+,30-,31-,32-,33+,34+,35+,36-,37+,38-,39-,40+,41-,42+,43+,44-,45-/m1/s1. The summed E-state index contributed by atoms with van der Waals surface area (Å²) in [5, 5.41) is 106. The van der Waals surface area contributed by atoms with Crippen LogP contribution in [0.4, 0.5) is 0 Å². The molecule has 0 amide bonds. The van der Waals surface area contributed by atoms with E-state index in [0.717, 1.165) is 32.1 Å². The molecule has 9 rings (SSSR count). The topological polar surface area (TPSA) is 293 Å². The van der Waals surface area contributed by atoms with Crippen LogP contribution < -0.4 is 0 Å². The highest BCUT2D eigenvalue weighted by Crippen LogP contribution is 2.69. The van der Waals surface area contributed by atoms with Crippen molar-refractivity contribution in [1.82, 2.24) is 0 Å². The van der Waals surface area contributed by atoms with Crippen molar-refractivity contribution in [3.05, 3.63) is 11.6 Å². The third kappa shape index (κ3) is 7.60. The molecule has 10 N–H and O–H groups in total. The zero-order valence-corrected chi connectivity index (χ0v) is 37.0. The fourth-order valence-corrected chi connectivity index (χ4v) is 13.8. The summed E-state index contributed by atoms with van der Waals surface area (Å²) < 4.78 is 48.6. The number of aliphatic hydroxyl groups is 10. The van der Waals surface area contributed by atoms with Gasteiger partial charge < -0.3 is 89.0 Å². The first-order valence-corrected chi connectivity index (χ1v) is 23.5. The van der Waals surface area contributed by atoms with Crippen molar-refractivity contribution in [3.8, 4) is 0 Å². The first kappa shape index (κ1) is 47.7. The molecule has 3 saturated carbocycles. The number of Topliss-reactive ketones (excluding diaryl/α,β-unsaturated/α-hetero) is 1. The van der Waals surface area contributed by atoms with E-state index in [0.29, 0.717) is 43.5 Å². The summed E-state index contributed by atoms with van der Waals surface area (Å²) in [4.78, 5) is 14.6. The number of hydrogen-bond donors (Lipinski definition) is 10. The van der Waals surface area contributed by atoms with Crippen molar-refractivity contribution < 1.29 is 93.8 Å². The van der Waals surface area contributed by atoms with Crippen LogP contribution in [0.3, 0.4) is 0 Å². The van der Waals surface area contributed by atoms with Crippen molar-refractivity contribution >= 4 is 5.78 Å². The molecule has 5 heterocycles. The number of fused-ring (bicyclic) bond motifs is 7. The lowest BCUT2D eigenvalue weighted by Crippen LogP contribution is -2.67. The molecule has 8 fully saturated rings. The van der Waals surface area contributed by atoms with Crippen LogP contribution in [0.5, 0.6) is 0 Å². The predicted molar refractivity (Wildman–Crippen MR) is 216 cm³/mol. The summed E-state index contributed by atoms with van der Waals surface area (Å²) in [5.74, 6) is 1.14. The molecule has 19 heteroatoms. The zero-order chi connectivity index (χ0) is 45.8. The average Bonchev–Trinajstić information content (AvgIpc) is 3.73. The highest BCUT2D eigenvalue weighted by atomic mass is 16.8. The Morgan fingerprint density at radius 3 is 1.97 bits per heavy atom. The number of allylic oxidation sites excluding steroid dienone is 1. The van der Waals surface area contributed by atoms with Gasteiger partial charge in [-0.3, -0.25) is 4.79 Å². The Kier molecular flexibility index (Phi) is 13.3. The number of ether oxygens (including phenoxy) is 8. The van der Waals surface area contributed by atoms with E-state index in [1.54, 1.807) is 0 Å². The monoisotopic (exact) mass is 914 g/mol. The van der Waals surface area contributed by atoms with Crippen molar-refractivity contribution in [2.75, 3.05) is 26.4 Å². The van der Waals surface area contributed by atoms with E-state index < -0.39 is 129 Å². The number of carbonyl (C=O) groups is 1. The first-order valence-electron chi connectivity index (χ1n) is 23.5. The highest BCUT2D eigenvalue weighted by molar-refractivity contribution is 5.87. The lowest BCUT2D eigenvalue weighted by molar-refractivity contribution is -0.390. The first-order chi connectivity index (χ1) is 30.4. The molecule has 4 aliphatic carbocycles. The Balaban J connectivity index is 0.859. The molecule has 0 unspecified atom stereocenters. The van der Waals surface area contributed by atoms with Gasteiger partial charge in [-0.15, -0.1) is 0 Å². The molecule has 0 aromatic heterocycles. The van der Waals surface area contributed by atoms with Gasteiger partial charge in [-0.1, -0.05) is 39.3 Å². The van der Waals surface area contributed by atoms with Gasteiger partial charge in [0.05, 0.1) is 38.6 Å². The zero-order valence-electron chi connectivity index (χ0n) is 37.0. The van der Waals surface area contributed by atoms with E-state index in [9.17, 15) is 55.9 Å². The Bertz CT molecular complexity index is 1710. The third-order valence-electron chi connectivity index (χ3n) is 17.6. The lowest BCUT2D eigenvalue weighted by atomic mass is 9.46. The van der Waals surface area contributed by atoms with Crippen LogP contribution >= 0.6 is 0 Å². The SMILES string of the molecule is C[C@@H]1CC[C@@]2(OC1)O[C@H]1C[C@H]3[C@H]4CC=C5C[C@H](O[C@H]6O[C@@H](CO)[C@@H](O[C@@H]7O[C@H](CO)[C@@H](O)[C@H](O)[C@H]7O[C@H]7O[C@H](CO)[C@@H](O)[C@H](O)[C@H]7O)[C@@H](O)[C@@H]6O)CC[C@]5(C)[C@@H]4CC(=O)[C@]3(C)[C@@H]1[C@@H]2C. The number of rotatable bonds is 9. The molecule has 26 atom stereocenters. The van der Waals surface area contributed by atoms with Gasteiger partial charge in [0.25, 0.3) is 0 Å². The molecule has 19 nitrogen and oxygen atoms in total. The van der Waals surface area contributed by atoms with Crippen molar-refractivity contribution in [2.24, 2.45) is 46.3 Å². The van der Waals surface area contributed by atoms with E-state index in [1.165, 1.54) is 5.57 Å². The second-order valence-electron chi connectivity index (χ2n) is 21.0.